The molecular formula is C21H24N2O3. The van der Waals surface area contributed by atoms with Crippen molar-refractivity contribution in [3.8, 4) is 11.1 Å². The van der Waals surface area contributed by atoms with E-state index in [4.69, 9.17) is 4.42 Å². The molecule has 3 aromatic rings. The van der Waals surface area contributed by atoms with Gasteiger partial charge in [0, 0.05) is 28.6 Å². The molecule has 26 heavy (non-hydrogen) atoms. The van der Waals surface area contributed by atoms with Crippen molar-refractivity contribution in [2.75, 3.05) is 0 Å². The van der Waals surface area contributed by atoms with Gasteiger partial charge in [0.2, 0.25) is 0 Å². The minimum Gasteiger partial charge on any atom is -0.460 e. The number of aromatic nitrogens is 1. The van der Waals surface area contributed by atoms with Gasteiger partial charge >= 0.3 is 0 Å². The largest absolute Gasteiger partial charge is 0.460 e. The summed E-state index contributed by atoms with van der Waals surface area (Å²) in [6.45, 7) is 9.89. The maximum Gasteiger partial charge on any atom is 0.255 e. The van der Waals surface area contributed by atoms with Crippen LogP contribution in [0.4, 0.5) is 0 Å². The molecule has 2 N–H and O–H groups in total. The number of amides is 1. The smallest absolute Gasteiger partial charge is 0.255 e. The average Bonchev–Trinajstić information content (AvgIpc) is 2.93. The van der Waals surface area contributed by atoms with Gasteiger partial charge in [0.1, 0.15) is 11.3 Å². The molecule has 0 atom stereocenters. The highest BCUT2D eigenvalue weighted by atomic mass is 16.3. The zero-order chi connectivity index (χ0) is 19.1. The molecule has 0 aliphatic heterocycles. The minimum atomic E-state index is -0.326. The van der Waals surface area contributed by atoms with E-state index in [1.54, 1.807) is 18.3 Å². The van der Waals surface area contributed by atoms with Gasteiger partial charge in [-0.3, -0.25) is 9.59 Å². The summed E-state index contributed by atoms with van der Waals surface area (Å²) in [5.74, 6) is 0.479. The Balaban J connectivity index is 2.26. The maximum absolute atomic E-state index is 12.9. The van der Waals surface area contributed by atoms with Crippen molar-refractivity contribution < 1.29 is 9.21 Å². The number of carbonyl (C=O) groups is 1. The third-order valence-corrected chi connectivity index (χ3v) is 4.15. The highest BCUT2D eigenvalue weighted by molar-refractivity contribution is 6.08. The lowest BCUT2D eigenvalue weighted by atomic mass is 9.89. The zero-order valence-electron chi connectivity index (χ0n) is 15.8. The first-order valence-electron chi connectivity index (χ1n) is 8.74. The van der Waals surface area contributed by atoms with Crippen molar-refractivity contribution in [1.29, 1.82) is 0 Å². The summed E-state index contributed by atoms with van der Waals surface area (Å²) >= 11 is 0. The molecular weight excluding hydrogens is 328 g/mol. The normalized spacial score (nSPS) is 11.9. The lowest BCUT2D eigenvalue weighted by Gasteiger charge is -2.18. The van der Waals surface area contributed by atoms with Crippen LogP contribution in [0.2, 0.25) is 0 Å². The first-order chi connectivity index (χ1) is 12.2. The molecule has 0 spiro atoms. The van der Waals surface area contributed by atoms with Gasteiger partial charge < -0.3 is 14.7 Å². The van der Waals surface area contributed by atoms with E-state index in [9.17, 15) is 9.59 Å². The van der Waals surface area contributed by atoms with Gasteiger partial charge in [0.05, 0.1) is 5.56 Å². The number of hydrogen-bond donors (Lipinski definition) is 2. The van der Waals surface area contributed by atoms with Crippen LogP contribution in [0.5, 0.6) is 0 Å². The van der Waals surface area contributed by atoms with Gasteiger partial charge in [0.25, 0.3) is 11.5 Å². The molecule has 0 aliphatic carbocycles. The first kappa shape index (κ1) is 18.0. The van der Waals surface area contributed by atoms with Crippen LogP contribution in [-0.4, -0.2) is 16.9 Å². The second kappa shape index (κ2) is 6.48. The van der Waals surface area contributed by atoms with E-state index < -0.39 is 0 Å². The number of rotatable bonds is 3. The van der Waals surface area contributed by atoms with E-state index in [1.807, 2.05) is 52.8 Å². The number of nitrogens with one attached hydrogen (secondary N) is 2. The molecule has 5 nitrogen and oxygen atoms in total. The Hall–Kier alpha value is -2.82. The lowest BCUT2D eigenvalue weighted by Crippen LogP contribution is -2.31. The van der Waals surface area contributed by atoms with E-state index in [0.717, 1.165) is 5.56 Å². The van der Waals surface area contributed by atoms with Gasteiger partial charge in [-0.1, -0.05) is 26.8 Å². The number of carbonyl (C=O) groups excluding carboxylic acids is 1. The Bertz CT molecular complexity index is 1020. The number of aromatic amines is 1. The maximum atomic E-state index is 12.9. The molecule has 5 heteroatoms. The van der Waals surface area contributed by atoms with Crippen LogP contribution >= 0.6 is 0 Å². The van der Waals surface area contributed by atoms with Crippen LogP contribution < -0.4 is 10.9 Å². The summed E-state index contributed by atoms with van der Waals surface area (Å²) in [5.41, 5.74) is 1.99. The monoisotopic (exact) mass is 352 g/mol. The zero-order valence-corrected chi connectivity index (χ0v) is 15.8. The molecule has 0 fully saturated rings. The van der Waals surface area contributed by atoms with Crippen molar-refractivity contribution in [3.05, 3.63) is 58.2 Å². The molecule has 1 aromatic carbocycles. The predicted octanol–water partition coefficient (Wildman–Crippen LogP) is 4.22. The van der Waals surface area contributed by atoms with Crippen molar-refractivity contribution in [1.82, 2.24) is 10.3 Å². The molecule has 0 aliphatic rings. The molecule has 0 saturated carbocycles. The first-order valence-corrected chi connectivity index (χ1v) is 8.74. The van der Waals surface area contributed by atoms with Gasteiger partial charge in [-0.15, -0.1) is 0 Å². The highest BCUT2D eigenvalue weighted by Gasteiger charge is 2.29. The van der Waals surface area contributed by atoms with Gasteiger partial charge in [0.15, 0.2) is 0 Å². The number of pyridine rings is 1. The molecule has 0 unspecified atom stereocenters. The highest BCUT2D eigenvalue weighted by Crippen LogP contribution is 2.36. The predicted molar refractivity (Wildman–Crippen MR) is 104 cm³/mol. The molecule has 0 saturated heterocycles. The SMILES string of the molecule is CC(C)NC(=O)c1c(C(C)(C)C)oc2ccc(-c3ccc[nH]c3=O)cc12. The molecule has 3 rings (SSSR count). The van der Waals surface area contributed by atoms with Gasteiger partial charge in [-0.25, -0.2) is 0 Å². The summed E-state index contributed by atoms with van der Waals surface area (Å²) in [6.07, 6.45) is 1.60. The molecule has 136 valence electrons. The third-order valence-electron chi connectivity index (χ3n) is 4.15. The van der Waals surface area contributed by atoms with E-state index in [-0.39, 0.29) is 22.9 Å². The van der Waals surface area contributed by atoms with Gasteiger partial charge in [-0.2, -0.15) is 0 Å². The molecule has 1 amide bonds. The summed E-state index contributed by atoms with van der Waals surface area (Å²) in [6, 6.07) is 9.07. The number of benzene rings is 1. The van der Waals surface area contributed by atoms with Crippen LogP contribution in [0.25, 0.3) is 22.1 Å². The van der Waals surface area contributed by atoms with Crippen LogP contribution in [0.1, 0.15) is 50.7 Å². The minimum absolute atomic E-state index is 0.0143. The second-order valence-corrected chi connectivity index (χ2v) is 7.81. The fourth-order valence-electron chi connectivity index (χ4n) is 3.00. The van der Waals surface area contributed by atoms with E-state index >= 15 is 0 Å². The summed E-state index contributed by atoms with van der Waals surface area (Å²) < 4.78 is 6.04. The van der Waals surface area contributed by atoms with E-state index in [2.05, 4.69) is 10.3 Å². The fraction of sp³-hybridized carbons (Fsp3) is 0.333. The van der Waals surface area contributed by atoms with Crippen LogP contribution in [-0.2, 0) is 5.41 Å². The van der Waals surface area contributed by atoms with Crippen molar-refractivity contribution in [3.63, 3.8) is 0 Å². The number of fused-ring (bicyclic) bond motifs is 1. The van der Waals surface area contributed by atoms with Crippen molar-refractivity contribution in [2.45, 2.75) is 46.1 Å². The Kier molecular flexibility index (Phi) is 4.48. The standard InChI is InChI=1S/C21H24N2O3/c1-12(2)23-20(25)17-15-11-13(14-7-6-10-22-19(14)24)8-9-16(15)26-18(17)21(3,4)5/h6-12H,1-5H3,(H,22,24)(H,23,25). The topological polar surface area (TPSA) is 75.1 Å². The van der Waals surface area contributed by atoms with Crippen molar-refractivity contribution in [2.24, 2.45) is 0 Å². The Labute approximate surface area is 152 Å². The van der Waals surface area contributed by atoms with Crippen LogP contribution in [0, 0.1) is 0 Å². The molecule has 0 bridgehead atoms. The summed E-state index contributed by atoms with van der Waals surface area (Å²) in [5, 5.41) is 3.67. The average molecular weight is 352 g/mol. The third kappa shape index (κ3) is 3.29. The van der Waals surface area contributed by atoms with Gasteiger partial charge in [-0.05, 0) is 43.7 Å². The quantitative estimate of drug-likeness (QED) is 0.741. The number of furan rings is 1. The number of hydrogen-bond acceptors (Lipinski definition) is 3. The lowest BCUT2D eigenvalue weighted by molar-refractivity contribution is 0.0940. The van der Waals surface area contributed by atoms with Crippen molar-refractivity contribution >= 4 is 16.9 Å². The Morgan fingerprint density at radius 1 is 1.19 bits per heavy atom. The summed E-state index contributed by atoms with van der Waals surface area (Å²) in [7, 11) is 0. The van der Waals surface area contributed by atoms with Crippen LogP contribution in [0.15, 0.2) is 45.7 Å². The molecule has 2 heterocycles. The van der Waals surface area contributed by atoms with E-state index in [0.29, 0.717) is 27.9 Å². The molecule has 2 aromatic heterocycles. The van der Waals surface area contributed by atoms with Crippen LogP contribution in [0.3, 0.4) is 0 Å². The second-order valence-electron chi connectivity index (χ2n) is 7.81. The van der Waals surface area contributed by atoms with E-state index in [1.165, 1.54) is 0 Å². The summed E-state index contributed by atoms with van der Waals surface area (Å²) in [4.78, 5) is 27.7. The molecule has 0 radical (unpaired) electrons. The fourth-order valence-corrected chi connectivity index (χ4v) is 3.00. The Morgan fingerprint density at radius 3 is 2.54 bits per heavy atom. The Morgan fingerprint density at radius 2 is 1.92 bits per heavy atom. The number of H-pyrrole nitrogens is 1.